The average Bonchev–Trinajstić information content (AvgIpc) is 3.14. The van der Waals surface area contributed by atoms with E-state index in [1.54, 1.807) is 17.5 Å². The molecule has 4 rings (SSSR count). The molecule has 1 fully saturated rings. The fourth-order valence-electron chi connectivity index (χ4n) is 3.19. The zero-order valence-corrected chi connectivity index (χ0v) is 15.6. The Bertz CT molecular complexity index is 859. The number of hydrogen-bond acceptors (Lipinski definition) is 6. The van der Waals surface area contributed by atoms with E-state index in [4.69, 9.17) is 21.6 Å². The van der Waals surface area contributed by atoms with Gasteiger partial charge in [-0.25, -0.2) is 15.0 Å². The van der Waals surface area contributed by atoms with Crippen molar-refractivity contribution in [2.75, 3.05) is 25.5 Å². The third kappa shape index (κ3) is 3.76. The summed E-state index contributed by atoms with van der Waals surface area (Å²) in [5, 5.41) is 6.94. The highest BCUT2D eigenvalue weighted by molar-refractivity contribution is 7.09. The second-order valence-electron chi connectivity index (χ2n) is 6.47. The standard InChI is InChI=1S/C18H20ClN5S/c1-24-6-4-12(5-7-24)17-22-15-11-20-16(19)9-14(15)18(23-17)21-10-13-3-2-8-25-13/h2-3,8-9,11-12H,4-7,10H2,1H3,(H,21,22,23). The largest absolute Gasteiger partial charge is 0.365 e. The van der Waals surface area contributed by atoms with Crippen LogP contribution >= 0.6 is 22.9 Å². The van der Waals surface area contributed by atoms with E-state index >= 15 is 0 Å². The molecule has 1 saturated heterocycles. The highest BCUT2D eigenvalue weighted by Crippen LogP contribution is 2.30. The molecule has 3 aromatic heterocycles. The van der Waals surface area contributed by atoms with Gasteiger partial charge >= 0.3 is 0 Å². The van der Waals surface area contributed by atoms with Crippen molar-refractivity contribution in [3.05, 3.63) is 45.6 Å². The summed E-state index contributed by atoms with van der Waals surface area (Å²) < 4.78 is 0. The van der Waals surface area contributed by atoms with Crippen LogP contribution in [0.3, 0.4) is 0 Å². The van der Waals surface area contributed by atoms with Gasteiger partial charge in [-0.3, -0.25) is 0 Å². The molecule has 0 radical (unpaired) electrons. The van der Waals surface area contributed by atoms with Crippen LogP contribution in [0.25, 0.3) is 10.9 Å². The fourth-order valence-corrected chi connectivity index (χ4v) is 4.00. The van der Waals surface area contributed by atoms with Gasteiger partial charge < -0.3 is 10.2 Å². The van der Waals surface area contributed by atoms with Gasteiger partial charge in [0, 0.05) is 16.2 Å². The molecule has 1 N–H and O–H groups in total. The zero-order valence-electron chi connectivity index (χ0n) is 14.1. The second-order valence-corrected chi connectivity index (χ2v) is 7.88. The van der Waals surface area contributed by atoms with Crippen LogP contribution in [0.15, 0.2) is 29.8 Å². The predicted molar refractivity (Wildman–Crippen MR) is 103 cm³/mol. The van der Waals surface area contributed by atoms with Gasteiger partial charge in [-0.2, -0.15) is 0 Å². The number of nitrogens with one attached hydrogen (secondary N) is 1. The first kappa shape index (κ1) is 16.7. The van der Waals surface area contributed by atoms with Crippen molar-refractivity contribution in [3.8, 4) is 0 Å². The number of hydrogen-bond donors (Lipinski definition) is 1. The van der Waals surface area contributed by atoms with Gasteiger partial charge in [-0.1, -0.05) is 17.7 Å². The first-order valence-electron chi connectivity index (χ1n) is 8.47. The topological polar surface area (TPSA) is 53.9 Å². The normalized spacial score (nSPS) is 16.4. The molecule has 0 bridgehead atoms. The Morgan fingerprint density at radius 3 is 2.92 bits per heavy atom. The van der Waals surface area contributed by atoms with Crippen LogP contribution in [0.4, 0.5) is 5.82 Å². The Morgan fingerprint density at radius 1 is 1.32 bits per heavy atom. The van der Waals surface area contributed by atoms with Crippen molar-refractivity contribution >= 4 is 39.7 Å². The molecule has 0 amide bonds. The van der Waals surface area contributed by atoms with Crippen LogP contribution in [-0.4, -0.2) is 40.0 Å². The van der Waals surface area contributed by atoms with Gasteiger partial charge in [0.25, 0.3) is 0 Å². The lowest BCUT2D eigenvalue weighted by Gasteiger charge is -2.28. The summed E-state index contributed by atoms with van der Waals surface area (Å²) in [5.74, 6) is 2.16. The third-order valence-electron chi connectivity index (χ3n) is 4.66. The fraction of sp³-hybridized carbons (Fsp3) is 0.389. The maximum Gasteiger partial charge on any atom is 0.138 e. The van der Waals surface area contributed by atoms with Gasteiger partial charge in [-0.05, 0) is 50.5 Å². The minimum Gasteiger partial charge on any atom is -0.365 e. The molecule has 0 spiro atoms. The predicted octanol–water partition coefficient (Wildman–Crippen LogP) is 4.16. The number of rotatable bonds is 4. The smallest absolute Gasteiger partial charge is 0.138 e. The molecular formula is C18H20ClN5S. The Hall–Kier alpha value is -1.76. The first-order valence-corrected chi connectivity index (χ1v) is 9.73. The summed E-state index contributed by atoms with van der Waals surface area (Å²) in [6.07, 6.45) is 3.93. The summed E-state index contributed by atoms with van der Waals surface area (Å²) >= 11 is 7.83. The molecule has 130 valence electrons. The van der Waals surface area contributed by atoms with Gasteiger partial charge in [-0.15, -0.1) is 11.3 Å². The molecule has 4 heterocycles. The molecule has 5 nitrogen and oxygen atoms in total. The number of fused-ring (bicyclic) bond motifs is 1. The number of likely N-dealkylation sites (tertiary alicyclic amines) is 1. The molecule has 7 heteroatoms. The second kappa shape index (κ2) is 7.23. The minimum absolute atomic E-state index is 0.401. The van der Waals surface area contributed by atoms with Crippen molar-refractivity contribution in [1.29, 1.82) is 0 Å². The average molecular weight is 374 g/mol. The van der Waals surface area contributed by atoms with E-state index in [1.165, 1.54) is 4.88 Å². The van der Waals surface area contributed by atoms with E-state index in [9.17, 15) is 0 Å². The molecule has 0 unspecified atom stereocenters. The number of piperidine rings is 1. The van der Waals surface area contributed by atoms with Gasteiger partial charge in [0.2, 0.25) is 0 Å². The highest BCUT2D eigenvalue weighted by atomic mass is 35.5. The van der Waals surface area contributed by atoms with Gasteiger partial charge in [0.05, 0.1) is 18.3 Å². The molecule has 0 aromatic carbocycles. The Kier molecular flexibility index (Phi) is 4.83. The molecule has 1 aliphatic rings. The number of thiophene rings is 1. The van der Waals surface area contributed by atoms with Crippen LogP contribution in [0, 0.1) is 0 Å². The van der Waals surface area contributed by atoms with Crippen molar-refractivity contribution in [2.45, 2.75) is 25.3 Å². The number of pyridine rings is 1. The SMILES string of the molecule is CN1CCC(c2nc(NCc3cccs3)c3cc(Cl)ncc3n2)CC1. The lowest BCUT2D eigenvalue weighted by Crippen LogP contribution is -2.30. The summed E-state index contributed by atoms with van der Waals surface area (Å²) in [6, 6.07) is 6.02. The van der Waals surface area contributed by atoms with E-state index < -0.39 is 0 Å². The number of aromatic nitrogens is 3. The highest BCUT2D eigenvalue weighted by Gasteiger charge is 2.22. The lowest BCUT2D eigenvalue weighted by molar-refractivity contribution is 0.251. The summed E-state index contributed by atoms with van der Waals surface area (Å²) in [7, 11) is 2.16. The Morgan fingerprint density at radius 2 is 2.16 bits per heavy atom. The van der Waals surface area contributed by atoms with E-state index in [0.717, 1.165) is 55.0 Å². The van der Waals surface area contributed by atoms with E-state index in [0.29, 0.717) is 11.1 Å². The van der Waals surface area contributed by atoms with Crippen molar-refractivity contribution < 1.29 is 0 Å². The minimum atomic E-state index is 0.401. The van der Waals surface area contributed by atoms with E-state index in [2.05, 4.69) is 39.8 Å². The van der Waals surface area contributed by atoms with Gasteiger partial charge in [0.1, 0.15) is 16.8 Å². The molecule has 1 aliphatic heterocycles. The van der Waals surface area contributed by atoms with Crippen LogP contribution in [0.2, 0.25) is 5.15 Å². The number of nitrogens with zero attached hydrogens (tertiary/aromatic N) is 4. The summed E-state index contributed by atoms with van der Waals surface area (Å²) in [4.78, 5) is 17.5. The zero-order chi connectivity index (χ0) is 17.2. The molecule has 0 aliphatic carbocycles. The molecule has 0 atom stereocenters. The van der Waals surface area contributed by atoms with Crippen LogP contribution in [-0.2, 0) is 6.54 Å². The van der Waals surface area contributed by atoms with Crippen molar-refractivity contribution in [3.63, 3.8) is 0 Å². The maximum absolute atomic E-state index is 6.10. The third-order valence-corrected chi connectivity index (χ3v) is 5.74. The van der Waals surface area contributed by atoms with E-state index in [-0.39, 0.29) is 0 Å². The summed E-state index contributed by atoms with van der Waals surface area (Å²) in [5.41, 5.74) is 0.849. The lowest BCUT2D eigenvalue weighted by atomic mass is 9.96. The molecule has 25 heavy (non-hydrogen) atoms. The Labute approximate surface area is 156 Å². The van der Waals surface area contributed by atoms with Crippen molar-refractivity contribution in [1.82, 2.24) is 19.9 Å². The molecule has 0 saturated carbocycles. The van der Waals surface area contributed by atoms with Crippen molar-refractivity contribution in [2.24, 2.45) is 0 Å². The summed E-state index contributed by atoms with van der Waals surface area (Å²) in [6.45, 7) is 2.92. The first-order chi connectivity index (χ1) is 12.2. The number of anilines is 1. The quantitative estimate of drug-likeness (QED) is 0.696. The van der Waals surface area contributed by atoms with Crippen LogP contribution in [0.1, 0.15) is 29.5 Å². The van der Waals surface area contributed by atoms with E-state index in [1.807, 2.05) is 6.07 Å². The van der Waals surface area contributed by atoms with Crippen LogP contribution in [0.5, 0.6) is 0 Å². The molecular weight excluding hydrogens is 354 g/mol. The van der Waals surface area contributed by atoms with Crippen LogP contribution < -0.4 is 5.32 Å². The van der Waals surface area contributed by atoms with Gasteiger partial charge in [0.15, 0.2) is 0 Å². The molecule has 3 aromatic rings. The maximum atomic E-state index is 6.10. The number of halogens is 1. The Balaban J connectivity index is 1.68. The monoisotopic (exact) mass is 373 g/mol.